The molecule has 0 aromatic carbocycles. The molecule has 1 fully saturated rings. The van der Waals surface area contributed by atoms with Crippen LogP contribution in [0.5, 0.6) is 0 Å². The Morgan fingerprint density at radius 1 is 1.41 bits per heavy atom. The molecule has 1 amide bonds. The van der Waals surface area contributed by atoms with Gasteiger partial charge < -0.3 is 14.8 Å². The summed E-state index contributed by atoms with van der Waals surface area (Å²) in [5, 5.41) is 11.4. The Hall–Kier alpha value is -1.78. The average Bonchev–Trinajstić information content (AvgIpc) is 3.00. The van der Waals surface area contributed by atoms with Crippen molar-refractivity contribution in [1.82, 2.24) is 5.32 Å². The molecule has 92 valence electrons. The van der Waals surface area contributed by atoms with Crippen molar-refractivity contribution in [3.8, 4) is 0 Å². The molecule has 1 saturated carbocycles. The minimum atomic E-state index is -1.10. The Kier molecular flexibility index (Phi) is 3.46. The van der Waals surface area contributed by atoms with E-state index in [-0.39, 0.29) is 18.2 Å². The van der Waals surface area contributed by atoms with E-state index in [1.54, 1.807) is 6.07 Å². The van der Waals surface area contributed by atoms with Crippen LogP contribution >= 0.6 is 0 Å². The number of amides is 1. The molecule has 5 heteroatoms. The largest absolute Gasteiger partial charge is 0.475 e. The Balaban J connectivity index is 1.72. The number of carboxylic acid groups (broad SMARTS) is 1. The normalized spacial score (nSPS) is 14.6. The lowest BCUT2D eigenvalue weighted by molar-refractivity contribution is -0.121. The summed E-state index contributed by atoms with van der Waals surface area (Å²) in [4.78, 5) is 22.0. The fourth-order valence-electron chi connectivity index (χ4n) is 1.60. The number of hydrogen-bond donors (Lipinski definition) is 2. The molecular formula is C12H15NO4. The zero-order valence-electron chi connectivity index (χ0n) is 9.44. The van der Waals surface area contributed by atoms with Crippen molar-refractivity contribution in [3.63, 3.8) is 0 Å². The van der Waals surface area contributed by atoms with Crippen LogP contribution < -0.4 is 5.32 Å². The zero-order valence-corrected chi connectivity index (χ0v) is 9.44. The molecular weight excluding hydrogens is 222 g/mol. The monoisotopic (exact) mass is 237 g/mol. The summed E-state index contributed by atoms with van der Waals surface area (Å²) in [5.41, 5.74) is 0. The molecule has 1 heterocycles. The Morgan fingerprint density at radius 2 is 2.18 bits per heavy atom. The molecule has 1 aromatic heterocycles. The van der Waals surface area contributed by atoms with E-state index < -0.39 is 5.97 Å². The van der Waals surface area contributed by atoms with Gasteiger partial charge in [0.25, 0.3) is 0 Å². The molecule has 0 aliphatic heterocycles. The van der Waals surface area contributed by atoms with Crippen LogP contribution in [0.15, 0.2) is 16.5 Å². The summed E-state index contributed by atoms with van der Waals surface area (Å²) >= 11 is 0. The van der Waals surface area contributed by atoms with Crippen LogP contribution in [0.1, 0.15) is 42.0 Å². The fourth-order valence-corrected chi connectivity index (χ4v) is 1.60. The highest BCUT2D eigenvalue weighted by Gasteiger charge is 2.21. The maximum absolute atomic E-state index is 11.4. The standard InChI is InChI=1S/C12H15NO4/c14-11(6-3-8-1-2-8)13-7-9-4-5-10(17-9)12(15)16/h4-5,8H,1-3,6-7H2,(H,13,14)(H,15,16). The quantitative estimate of drug-likeness (QED) is 0.790. The van der Waals surface area contributed by atoms with Gasteiger partial charge in [0.1, 0.15) is 5.76 Å². The van der Waals surface area contributed by atoms with Gasteiger partial charge in [0.05, 0.1) is 6.54 Å². The van der Waals surface area contributed by atoms with Gasteiger partial charge in [-0.05, 0) is 24.5 Å². The molecule has 0 atom stereocenters. The fraction of sp³-hybridized carbons (Fsp3) is 0.500. The van der Waals surface area contributed by atoms with Gasteiger partial charge in [-0.15, -0.1) is 0 Å². The molecule has 0 saturated heterocycles. The van der Waals surface area contributed by atoms with E-state index in [0.717, 1.165) is 12.3 Å². The number of hydrogen-bond acceptors (Lipinski definition) is 3. The number of carbonyl (C=O) groups excluding carboxylic acids is 1. The predicted octanol–water partition coefficient (Wildman–Crippen LogP) is 1.78. The van der Waals surface area contributed by atoms with Crippen LogP contribution in [0.25, 0.3) is 0 Å². The van der Waals surface area contributed by atoms with E-state index in [0.29, 0.717) is 12.2 Å². The van der Waals surface area contributed by atoms with Gasteiger partial charge in [-0.1, -0.05) is 12.8 Å². The second kappa shape index (κ2) is 5.03. The zero-order chi connectivity index (χ0) is 12.3. The molecule has 0 spiro atoms. The summed E-state index contributed by atoms with van der Waals surface area (Å²) in [6, 6.07) is 2.94. The lowest BCUT2D eigenvalue weighted by Gasteiger charge is -2.02. The van der Waals surface area contributed by atoms with Gasteiger partial charge in [-0.2, -0.15) is 0 Å². The molecule has 2 N–H and O–H groups in total. The topological polar surface area (TPSA) is 79.5 Å². The predicted molar refractivity (Wildman–Crippen MR) is 59.5 cm³/mol. The number of carboxylic acids is 1. The number of carbonyl (C=O) groups is 2. The summed E-state index contributed by atoms with van der Waals surface area (Å²) in [7, 11) is 0. The molecule has 2 rings (SSSR count). The minimum Gasteiger partial charge on any atom is -0.475 e. The number of furan rings is 1. The first-order valence-corrected chi connectivity index (χ1v) is 5.74. The van der Waals surface area contributed by atoms with Gasteiger partial charge in [-0.3, -0.25) is 4.79 Å². The van der Waals surface area contributed by atoms with Gasteiger partial charge in [0.15, 0.2) is 0 Å². The van der Waals surface area contributed by atoms with E-state index in [9.17, 15) is 9.59 Å². The maximum atomic E-state index is 11.4. The molecule has 0 radical (unpaired) electrons. The Morgan fingerprint density at radius 3 is 2.76 bits per heavy atom. The van der Waals surface area contributed by atoms with Crippen molar-refractivity contribution in [2.75, 3.05) is 0 Å². The number of nitrogens with one attached hydrogen (secondary N) is 1. The SMILES string of the molecule is O=C(CCC1CC1)NCc1ccc(C(=O)O)o1. The van der Waals surface area contributed by atoms with Gasteiger partial charge in [0, 0.05) is 6.42 Å². The van der Waals surface area contributed by atoms with E-state index >= 15 is 0 Å². The van der Waals surface area contributed by atoms with E-state index in [1.165, 1.54) is 18.9 Å². The smallest absolute Gasteiger partial charge is 0.371 e. The van der Waals surface area contributed by atoms with Crippen LogP contribution in [0, 0.1) is 5.92 Å². The van der Waals surface area contributed by atoms with Crippen molar-refractivity contribution in [3.05, 3.63) is 23.7 Å². The van der Waals surface area contributed by atoms with Crippen LogP contribution in [0.4, 0.5) is 0 Å². The van der Waals surface area contributed by atoms with Crippen molar-refractivity contribution < 1.29 is 19.1 Å². The van der Waals surface area contributed by atoms with Crippen molar-refractivity contribution in [1.29, 1.82) is 0 Å². The van der Waals surface area contributed by atoms with Gasteiger partial charge in [-0.25, -0.2) is 4.79 Å². The second-order valence-corrected chi connectivity index (χ2v) is 4.33. The maximum Gasteiger partial charge on any atom is 0.371 e. The van der Waals surface area contributed by atoms with E-state index in [2.05, 4.69) is 5.32 Å². The lowest BCUT2D eigenvalue weighted by atomic mass is 10.2. The average molecular weight is 237 g/mol. The molecule has 0 bridgehead atoms. The first kappa shape index (κ1) is 11.7. The van der Waals surface area contributed by atoms with Crippen molar-refractivity contribution in [2.45, 2.75) is 32.2 Å². The summed E-state index contributed by atoms with van der Waals surface area (Å²) < 4.78 is 5.02. The highest BCUT2D eigenvalue weighted by atomic mass is 16.4. The van der Waals surface area contributed by atoms with Crippen molar-refractivity contribution >= 4 is 11.9 Å². The highest BCUT2D eigenvalue weighted by Crippen LogP contribution is 2.33. The van der Waals surface area contributed by atoms with E-state index in [1.807, 2.05) is 0 Å². The lowest BCUT2D eigenvalue weighted by Crippen LogP contribution is -2.22. The summed E-state index contributed by atoms with van der Waals surface area (Å²) in [6.45, 7) is 0.247. The van der Waals surface area contributed by atoms with Crippen LogP contribution in [0.2, 0.25) is 0 Å². The third-order valence-electron chi connectivity index (χ3n) is 2.81. The summed E-state index contributed by atoms with van der Waals surface area (Å²) in [5.74, 6) is -0.0149. The first-order valence-electron chi connectivity index (χ1n) is 5.74. The van der Waals surface area contributed by atoms with Crippen molar-refractivity contribution in [2.24, 2.45) is 5.92 Å². The molecule has 17 heavy (non-hydrogen) atoms. The highest BCUT2D eigenvalue weighted by molar-refractivity contribution is 5.84. The molecule has 1 aliphatic carbocycles. The summed E-state index contributed by atoms with van der Waals surface area (Å²) in [6.07, 6.45) is 3.97. The first-order chi connectivity index (χ1) is 8.15. The van der Waals surface area contributed by atoms with E-state index in [4.69, 9.17) is 9.52 Å². The third-order valence-corrected chi connectivity index (χ3v) is 2.81. The van der Waals surface area contributed by atoms with Gasteiger partial charge in [0.2, 0.25) is 11.7 Å². The molecule has 0 unspecified atom stereocenters. The second-order valence-electron chi connectivity index (χ2n) is 4.33. The molecule has 1 aromatic rings. The Bertz CT molecular complexity index is 420. The number of rotatable bonds is 6. The minimum absolute atomic E-state index is 0.00910. The van der Waals surface area contributed by atoms with Crippen LogP contribution in [-0.2, 0) is 11.3 Å². The Labute approximate surface area is 98.8 Å². The van der Waals surface area contributed by atoms with Crippen LogP contribution in [0.3, 0.4) is 0 Å². The molecule has 1 aliphatic rings. The van der Waals surface area contributed by atoms with Gasteiger partial charge >= 0.3 is 5.97 Å². The van der Waals surface area contributed by atoms with Crippen LogP contribution in [-0.4, -0.2) is 17.0 Å². The molecule has 5 nitrogen and oxygen atoms in total. The third kappa shape index (κ3) is 3.62. The number of aromatic carboxylic acids is 1.